The van der Waals surface area contributed by atoms with Crippen molar-refractivity contribution in [1.82, 2.24) is 14.5 Å². The number of fused-ring (bicyclic) bond motifs is 4. The smallest absolute Gasteiger partial charge is 0.264 e. The number of carbonyl (C=O) groups is 1. The number of allylic oxidation sites excluding steroid dienone is 1. The van der Waals surface area contributed by atoms with Crippen molar-refractivity contribution in [3.63, 3.8) is 0 Å². The summed E-state index contributed by atoms with van der Waals surface area (Å²) in [6.07, 6.45) is 10.2. The second-order valence-corrected chi connectivity index (χ2v) is 19.3. The molecule has 1 saturated heterocycles. The molecule has 11 heteroatoms. The molecular formula is C42H59ClN4O5S. The summed E-state index contributed by atoms with van der Waals surface area (Å²) in [6, 6.07) is 12.2. The molecule has 2 aromatic rings. The van der Waals surface area contributed by atoms with Gasteiger partial charge in [0.25, 0.3) is 5.91 Å². The van der Waals surface area contributed by atoms with E-state index in [1.807, 2.05) is 25.1 Å². The Morgan fingerprint density at radius 3 is 2.58 bits per heavy atom. The number of sulfonamides is 1. The van der Waals surface area contributed by atoms with Gasteiger partial charge in [-0.3, -0.25) is 14.6 Å². The van der Waals surface area contributed by atoms with Crippen LogP contribution in [0.25, 0.3) is 0 Å². The second-order valence-electron chi connectivity index (χ2n) is 16.8. The highest BCUT2D eigenvalue weighted by Crippen LogP contribution is 2.49. The maximum atomic E-state index is 13.7. The van der Waals surface area contributed by atoms with Crippen molar-refractivity contribution in [2.24, 2.45) is 17.8 Å². The zero-order valence-corrected chi connectivity index (χ0v) is 33.9. The first-order valence-corrected chi connectivity index (χ1v) is 21.9. The number of nitrogens with one attached hydrogen (secondary N) is 1. The Morgan fingerprint density at radius 1 is 1.08 bits per heavy atom. The first-order chi connectivity index (χ1) is 25.3. The van der Waals surface area contributed by atoms with Gasteiger partial charge in [0.2, 0.25) is 10.0 Å². The summed E-state index contributed by atoms with van der Waals surface area (Å²) in [4.78, 5) is 21.3. The molecule has 2 aliphatic carbocycles. The number of benzene rings is 2. The maximum absolute atomic E-state index is 13.7. The molecule has 3 aliphatic heterocycles. The van der Waals surface area contributed by atoms with Gasteiger partial charge in [0.1, 0.15) is 11.4 Å². The molecule has 1 saturated carbocycles. The highest BCUT2D eigenvalue weighted by Gasteiger charge is 2.50. The molecule has 5 aliphatic rings. The van der Waals surface area contributed by atoms with Gasteiger partial charge in [-0.25, -0.2) is 13.1 Å². The monoisotopic (exact) mass is 766 g/mol. The first kappa shape index (κ1) is 38.6. The number of halogens is 1. The van der Waals surface area contributed by atoms with E-state index in [0.29, 0.717) is 37.2 Å². The molecule has 3 heterocycles. The lowest BCUT2D eigenvalue weighted by atomic mass is 9.63. The van der Waals surface area contributed by atoms with Gasteiger partial charge in [0.05, 0.1) is 17.5 Å². The van der Waals surface area contributed by atoms with Crippen molar-refractivity contribution in [3.8, 4) is 5.75 Å². The fourth-order valence-electron chi connectivity index (χ4n) is 9.78. The van der Waals surface area contributed by atoms with E-state index in [4.69, 9.17) is 21.1 Å². The van der Waals surface area contributed by atoms with Crippen LogP contribution in [-0.4, -0.2) is 100 Å². The Labute approximate surface area is 322 Å². The Bertz CT molecular complexity index is 1800. The van der Waals surface area contributed by atoms with Gasteiger partial charge in [-0.15, -0.1) is 0 Å². The van der Waals surface area contributed by atoms with Crippen LogP contribution < -0.4 is 14.4 Å². The largest absolute Gasteiger partial charge is 0.490 e. The molecule has 1 N–H and O–H groups in total. The number of hydrogen-bond acceptors (Lipinski definition) is 8. The van der Waals surface area contributed by atoms with Gasteiger partial charge in [-0.2, -0.15) is 0 Å². The molecule has 2 fully saturated rings. The van der Waals surface area contributed by atoms with Gasteiger partial charge < -0.3 is 14.4 Å². The molecule has 2 aromatic carbocycles. The number of carbonyl (C=O) groups excluding carboxylic acids is 1. The van der Waals surface area contributed by atoms with E-state index in [-0.39, 0.29) is 17.3 Å². The summed E-state index contributed by atoms with van der Waals surface area (Å²) < 4.78 is 43.4. The zero-order valence-electron chi connectivity index (χ0n) is 32.3. The lowest BCUT2D eigenvalue weighted by Crippen LogP contribution is -2.59. The minimum atomic E-state index is -3.95. The molecule has 1 spiro atoms. The SMILES string of the molecule is CCO[C@@]1(CN2CCN(C(C)C)CC2)/C=C/C[C@H](C)[C@@H](C)S(=O)(=O)NC(=O)c2ccc3c(c2)N(C[C@@H]2CC[C@H]21)C[C@@]1(CCCc2cc(Cl)ccc21)CO3. The number of anilines is 1. The molecule has 6 atom stereocenters. The normalized spacial score (nSPS) is 32.9. The van der Waals surface area contributed by atoms with Crippen molar-refractivity contribution in [3.05, 3.63) is 70.3 Å². The van der Waals surface area contributed by atoms with E-state index in [9.17, 15) is 13.2 Å². The van der Waals surface area contributed by atoms with Crippen LogP contribution in [-0.2, 0) is 26.6 Å². The molecule has 0 radical (unpaired) electrons. The van der Waals surface area contributed by atoms with Crippen LogP contribution in [0.2, 0.25) is 5.02 Å². The molecule has 2 bridgehead atoms. The summed E-state index contributed by atoms with van der Waals surface area (Å²) in [5.74, 6) is 0.525. The van der Waals surface area contributed by atoms with Crippen molar-refractivity contribution >= 4 is 33.2 Å². The van der Waals surface area contributed by atoms with E-state index in [0.717, 1.165) is 94.4 Å². The van der Waals surface area contributed by atoms with Crippen molar-refractivity contribution in [2.45, 2.75) is 95.5 Å². The fraction of sp³-hybridized carbons (Fsp3) is 0.643. The second kappa shape index (κ2) is 15.5. The number of ether oxygens (including phenoxy) is 2. The number of hydrogen-bond donors (Lipinski definition) is 1. The summed E-state index contributed by atoms with van der Waals surface area (Å²) in [6.45, 7) is 17.8. The van der Waals surface area contributed by atoms with E-state index in [1.54, 1.807) is 13.0 Å². The quantitative estimate of drug-likeness (QED) is 0.337. The third kappa shape index (κ3) is 7.77. The summed E-state index contributed by atoms with van der Waals surface area (Å²) >= 11 is 6.51. The molecule has 7 rings (SSSR count). The predicted molar refractivity (Wildman–Crippen MR) is 213 cm³/mol. The number of piperazine rings is 1. The average Bonchev–Trinajstić information content (AvgIpc) is 3.26. The van der Waals surface area contributed by atoms with Crippen LogP contribution in [0.5, 0.6) is 5.75 Å². The summed E-state index contributed by atoms with van der Waals surface area (Å²) in [7, 11) is -3.95. The first-order valence-electron chi connectivity index (χ1n) is 20.0. The molecule has 9 nitrogen and oxygen atoms in total. The minimum Gasteiger partial charge on any atom is -0.490 e. The standard InChI is InChI=1S/C42H59ClN4O5S/c1-6-52-42(27-45-19-21-46(22-20-45)29(2)3)18-7-9-30(4)31(5)53(49,50)44-40(48)33-12-16-39-38(24-33)47(25-34-11-14-37(34)42)26-41(28-51-39)17-8-10-32-23-35(43)13-15-36(32)41/h7,12-13,15-16,18,23-24,29-31,34,37H,6,8-11,14,17,19-22,25-28H2,1-5H3,(H,44,48)/b18-7+/t30-,31+,34-,37+,41-,42+/m0/s1. The van der Waals surface area contributed by atoms with Gasteiger partial charge in [-0.1, -0.05) is 36.7 Å². The summed E-state index contributed by atoms with van der Waals surface area (Å²) in [5, 5.41) is -0.0207. The topological polar surface area (TPSA) is 91.4 Å². The molecular weight excluding hydrogens is 708 g/mol. The lowest BCUT2D eigenvalue weighted by Gasteiger charge is -2.52. The molecule has 0 unspecified atom stereocenters. The van der Waals surface area contributed by atoms with Gasteiger partial charge in [0, 0.05) is 74.5 Å². The highest BCUT2D eigenvalue weighted by atomic mass is 35.5. The van der Waals surface area contributed by atoms with Gasteiger partial charge in [0.15, 0.2) is 0 Å². The highest BCUT2D eigenvalue weighted by molar-refractivity contribution is 7.90. The Kier molecular flexibility index (Phi) is 11.3. The van der Waals surface area contributed by atoms with Crippen LogP contribution >= 0.6 is 11.6 Å². The number of aryl methyl sites for hydroxylation is 1. The average molecular weight is 767 g/mol. The van der Waals surface area contributed by atoms with E-state index < -0.39 is 26.8 Å². The summed E-state index contributed by atoms with van der Waals surface area (Å²) in [5.41, 5.74) is 2.95. The maximum Gasteiger partial charge on any atom is 0.264 e. The molecule has 1 amide bonds. The lowest BCUT2D eigenvalue weighted by molar-refractivity contribution is -0.113. The molecule has 290 valence electrons. The van der Waals surface area contributed by atoms with Crippen LogP contribution in [0.1, 0.15) is 88.2 Å². The van der Waals surface area contributed by atoms with Crippen molar-refractivity contribution < 1.29 is 22.7 Å². The van der Waals surface area contributed by atoms with Gasteiger partial charge >= 0.3 is 0 Å². The minimum absolute atomic E-state index is 0.212. The van der Waals surface area contributed by atoms with Crippen molar-refractivity contribution in [1.29, 1.82) is 0 Å². The third-order valence-electron chi connectivity index (χ3n) is 13.3. The molecule has 53 heavy (non-hydrogen) atoms. The fourth-order valence-corrected chi connectivity index (χ4v) is 11.3. The van der Waals surface area contributed by atoms with Crippen LogP contribution in [0, 0.1) is 17.8 Å². The number of amides is 1. The third-order valence-corrected chi connectivity index (χ3v) is 15.4. The zero-order chi connectivity index (χ0) is 37.5. The predicted octanol–water partition coefficient (Wildman–Crippen LogP) is 6.68. The van der Waals surface area contributed by atoms with Gasteiger partial charge in [-0.05, 0) is 125 Å². The van der Waals surface area contributed by atoms with E-state index in [1.165, 1.54) is 11.1 Å². The van der Waals surface area contributed by atoms with Crippen molar-refractivity contribution in [2.75, 3.05) is 63.9 Å². The Hall–Kier alpha value is -2.63. The van der Waals surface area contributed by atoms with E-state index >= 15 is 0 Å². The van der Waals surface area contributed by atoms with Crippen LogP contribution in [0.15, 0.2) is 48.6 Å². The molecule has 0 aromatic heterocycles. The van der Waals surface area contributed by atoms with E-state index in [2.05, 4.69) is 64.5 Å². The van der Waals surface area contributed by atoms with Crippen LogP contribution in [0.3, 0.4) is 0 Å². The number of rotatable bonds is 5. The number of nitrogens with zero attached hydrogens (tertiary/aromatic N) is 3. The Balaban J connectivity index is 1.30. The Morgan fingerprint density at radius 2 is 1.87 bits per heavy atom. The van der Waals surface area contributed by atoms with Crippen LogP contribution in [0.4, 0.5) is 5.69 Å².